The van der Waals surface area contributed by atoms with Gasteiger partial charge in [0.15, 0.2) is 0 Å². The van der Waals surface area contributed by atoms with Gasteiger partial charge in [-0.25, -0.2) is 4.39 Å². The van der Waals surface area contributed by atoms with Crippen molar-refractivity contribution in [1.82, 2.24) is 0 Å². The highest BCUT2D eigenvalue weighted by molar-refractivity contribution is 5.75. The van der Waals surface area contributed by atoms with Crippen LogP contribution in [0, 0.1) is 5.82 Å². The molecule has 0 amide bonds. The fraction of sp³-hybridized carbons (Fsp3) is 0.167. The number of hydrogen-bond acceptors (Lipinski definition) is 1. The molecule has 2 heteroatoms. The third-order valence-corrected chi connectivity index (χ3v) is 4.00. The van der Waals surface area contributed by atoms with Gasteiger partial charge in [-0.1, -0.05) is 36.9 Å². The molecule has 0 radical (unpaired) electrons. The van der Waals surface area contributed by atoms with Gasteiger partial charge in [-0.3, -0.25) is 4.79 Å². The third-order valence-electron chi connectivity index (χ3n) is 4.00. The van der Waals surface area contributed by atoms with Crippen LogP contribution in [0.25, 0.3) is 0 Å². The maximum absolute atomic E-state index is 13.5. The topological polar surface area (TPSA) is 17.1 Å². The largest absolute Gasteiger partial charge is 0.298 e. The minimum Gasteiger partial charge on any atom is -0.298 e. The number of aldehydes is 1. The van der Waals surface area contributed by atoms with E-state index < -0.39 is 0 Å². The lowest BCUT2D eigenvalue weighted by Crippen LogP contribution is -2.07. The highest BCUT2D eigenvalue weighted by Crippen LogP contribution is 2.35. The number of hydrogen-bond donors (Lipinski definition) is 0. The first-order valence-electron chi connectivity index (χ1n) is 6.68. The van der Waals surface area contributed by atoms with Crippen LogP contribution in [0.2, 0.25) is 0 Å². The average Bonchev–Trinajstić information content (AvgIpc) is 2.63. The maximum Gasteiger partial charge on any atom is 0.146 e. The fourth-order valence-corrected chi connectivity index (χ4v) is 2.94. The molecule has 0 saturated heterocycles. The number of allylic oxidation sites excluding steroid dienone is 1. The molecule has 1 aliphatic rings. The minimum atomic E-state index is -0.231. The Kier molecular flexibility index (Phi) is 3.23. The zero-order chi connectivity index (χ0) is 14.1. The van der Waals surface area contributed by atoms with Gasteiger partial charge in [0.05, 0.1) is 0 Å². The van der Waals surface area contributed by atoms with Gasteiger partial charge in [0.25, 0.3) is 0 Å². The molecule has 20 heavy (non-hydrogen) atoms. The van der Waals surface area contributed by atoms with Gasteiger partial charge < -0.3 is 0 Å². The molecule has 100 valence electrons. The summed E-state index contributed by atoms with van der Waals surface area (Å²) in [6, 6.07) is 13.0. The van der Waals surface area contributed by atoms with Gasteiger partial charge in [-0.15, -0.1) is 0 Å². The van der Waals surface area contributed by atoms with E-state index in [0.717, 1.165) is 29.4 Å². The van der Waals surface area contributed by atoms with Crippen LogP contribution in [-0.2, 0) is 17.6 Å². The SMILES string of the molecule is C=C(C=O)C1Cc2cc(F)ccc2Cc2ccccc21. The van der Waals surface area contributed by atoms with Gasteiger partial charge in [-0.2, -0.15) is 0 Å². The van der Waals surface area contributed by atoms with E-state index in [1.54, 1.807) is 6.07 Å². The summed E-state index contributed by atoms with van der Waals surface area (Å²) >= 11 is 0. The Bertz CT molecular complexity index is 688. The molecule has 1 nitrogen and oxygen atoms in total. The van der Waals surface area contributed by atoms with Crippen LogP contribution in [0.4, 0.5) is 4.39 Å². The van der Waals surface area contributed by atoms with E-state index in [-0.39, 0.29) is 11.7 Å². The lowest BCUT2D eigenvalue weighted by atomic mass is 9.86. The van der Waals surface area contributed by atoms with E-state index in [4.69, 9.17) is 0 Å². The molecule has 0 saturated carbocycles. The second kappa shape index (κ2) is 5.04. The van der Waals surface area contributed by atoms with E-state index in [2.05, 4.69) is 12.6 Å². The van der Waals surface area contributed by atoms with Crippen LogP contribution in [0.3, 0.4) is 0 Å². The molecule has 0 aromatic heterocycles. The predicted octanol–water partition coefficient (Wildman–Crippen LogP) is 3.81. The monoisotopic (exact) mass is 266 g/mol. The first-order chi connectivity index (χ1) is 9.69. The smallest absolute Gasteiger partial charge is 0.146 e. The van der Waals surface area contributed by atoms with Crippen LogP contribution in [0.1, 0.15) is 28.2 Å². The minimum absolute atomic E-state index is 0.0632. The quantitative estimate of drug-likeness (QED) is 0.596. The molecule has 0 bridgehead atoms. The van der Waals surface area contributed by atoms with Crippen molar-refractivity contribution in [3.05, 3.63) is 82.7 Å². The van der Waals surface area contributed by atoms with E-state index in [0.29, 0.717) is 12.0 Å². The van der Waals surface area contributed by atoms with Crippen molar-refractivity contribution in [1.29, 1.82) is 0 Å². The van der Waals surface area contributed by atoms with Crippen molar-refractivity contribution < 1.29 is 9.18 Å². The zero-order valence-corrected chi connectivity index (χ0v) is 11.1. The third kappa shape index (κ3) is 2.18. The highest BCUT2D eigenvalue weighted by atomic mass is 19.1. The fourth-order valence-electron chi connectivity index (χ4n) is 2.94. The van der Waals surface area contributed by atoms with Gasteiger partial charge in [0.1, 0.15) is 12.1 Å². The molecule has 1 unspecified atom stereocenters. The summed E-state index contributed by atoms with van der Waals surface area (Å²) in [4.78, 5) is 11.1. The number of carbonyl (C=O) groups excluding carboxylic acids is 1. The standard InChI is InChI=1S/C18H15FO/c1-12(11-20)18-10-15-9-16(19)7-6-13(15)8-14-4-2-3-5-17(14)18/h2-7,9,11,18H,1,8,10H2. The second-order valence-electron chi connectivity index (χ2n) is 5.24. The van der Waals surface area contributed by atoms with Gasteiger partial charge in [0, 0.05) is 5.92 Å². The molecule has 3 rings (SSSR count). The molecule has 0 N–H and O–H groups in total. The van der Waals surface area contributed by atoms with Crippen LogP contribution < -0.4 is 0 Å². The Hall–Kier alpha value is -2.22. The number of halogens is 1. The summed E-state index contributed by atoms with van der Waals surface area (Å²) in [5.41, 5.74) is 4.95. The molecule has 1 aliphatic carbocycles. The number of rotatable bonds is 2. The van der Waals surface area contributed by atoms with Crippen molar-refractivity contribution >= 4 is 6.29 Å². The molecular formula is C18H15FO. The zero-order valence-electron chi connectivity index (χ0n) is 11.1. The molecule has 1 atom stereocenters. The van der Waals surface area contributed by atoms with Crippen molar-refractivity contribution in [3.63, 3.8) is 0 Å². The normalized spacial score (nSPS) is 16.8. The molecule has 0 heterocycles. The second-order valence-corrected chi connectivity index (χ2v) is 5.24. The average molecular weight is 266 g/mol. The lowest BCUT2D eigenvalue weighted by Gasteiger charge is -2.17. The number of fused-ring (bicyclic) bond motifs is 2. The molecular weight excluding hydrogens is 251 g/mol. The highest BCUT2D eigenvalue weighted by Gasteiger charge is 2.23. The van der Waals surface area contributed by atoms with Crippen molar-refractivity contribution in [2.45, 2.75) is 18.8 Å². The van der Waals surface area contributed by atoms with Crippen LogP contribution in [-0.4, -0.2) is 6.29 Å². The van der Waals surface area contributed by atoms with Crippen molar-refractivity contribution in [2.75, 3.05) is 0 Å². The Balaban J connectivity index is 2.16. The van der Waals surface area contributed by atoms with E-state index >= 15 is 0 Å². The van der Waals surface area contributed by atoms with Gasteiger partial charge >= 0.3 is 0 Å². The van der Waals surface area contributed by atoms with Crippen molar-refractivity contribution in [2.24, 2.45) is 0 Å². The Morgan fingerprint density at radius 3 is 2.75 bits per heavy atom. The summed E-state index contributed by atoms with van der Waals surface area (Å²) < 4.78 is 13.5. The Morgan fingerprint density at radius 2 is 1.95 bits per heavy atom. The Morgan fingerprint density at radius 1 is 1.15 bits per heavy atom. The van der Waals surface area contributed by atoms with Crippen LogP contribution in [0.15, 0.2) is 54.6 Å². The molecule has 2 aromatic rings. The maximum atomic E-state index is 13.5. The summed E-state index contributed by atoms with van der Waals surface area (Å²) in [6.45, 7) is 3.87. The number of carbonyl (C=O) groups is 1. The summed E-state index contributed by atoms with van der Waals surface area (Å²) in [7, 11) is 0. The van der Waals surface area contributed by atoms with Gasteiger partial charge in [-0.05, 0) is 52.8 Å². The summed E-state index contributed by atoms with van der Waals surface area (Å²) in [5, 5.41) is 0. The van der Waals surface area contributed by atoms with E-state index in [9.17, 15) is 9.18 Å². The predicted molar refractivity (Wildman–Crippen MR) is 77.3 cm³/mol. The van der Waals surface area contributed by atoms with E-state index in [1.807, 2.05) is 24.3 Å². The summed E-state index contributed by atoms with van der Waals surface area (Å²) in [6.07, 6.45) is 2.21. The Labute approximate surface area is 117 Å². The lowest BCUT2D eigenvalue weighted by molar-refractivity contribution is -0.105. The molecule has 2 aromatic carbocycles. The molecule has 0 spiro atoms. The van der Waals surface area contributed by atoms with Crippen LogP contribution >= 0.6 is 0 Å². The molecule has 0 fully saturated rings. The van der Waals surface area contributed by atoms with Crippen LogP contribution in [0.5, 0.6) is 0 Å². The van der Waals surface area contributed by atoms with E-state index in [1.165, 1.54) is 11.6 Å². The molecule has 0 aliphatic heterocycles. The van der Waals surface area contributed by atoms with Gasteiger partial charge in [0.2, 0.25) is 0 Å². The first-order valence-corrected chi connectivity index (χ1v) is 6.68. The first kappa shape index (κ1) is 12.8. The summed E-state index contributed by atoms with van der Waals surface area (Å²) in [5.74, 6) is -0.295. The van der Waals surface area contributed by atoms with Crippen molar-refractivity contribution in [3.8, 4) is 0 Å². The number of benzene rings is 2.